The first kappa shape index (κ1) is 15.1. The van der Waals surface area contributed by atoms with Crippen LogP contribution in [0.15, 0.2) is 18.2 Å². The van der Waals surface area contributed by atoms with E-state index in [-0.39, 0.29) is 0 Å². The van der Waals surface area contributed by atoms with Crippen LogP contribution in [0.4, 0.5) is 10.5 Å². The number of anilines is 1. The van der Waals surface area contributed by atoms with E-state index in [4.69, 9.17) is 21.1 Å². The van der Waals surface area contributed by atoms with Gasteiger partial charge in [0.1, 0.15) is 16.9 Å². The molecule has 0 aliphatic carbocycles. The third-order valence-corrected chi connectivity index (χ3v) is 2.41. The van der Waals surface area contributed by atoms with E-state index < -0.39 is 17.3 Å². The predicted octanol–water partition coefficient (Wildman–Crippen LogP) is 1.98. The van der Waals surface area contributed by atoms with E-state index in [1.807, 2.05) is 0 Å². The van der Waals surface area contributed by atoms with Crippen molar-refractivity contribution in [3.63, 3.8) is 0 Å². The lowest BCUT2D eigenvalue weighted by Crippen LogP contribution is -2.38. The van der Waals surface area contributed by atoms with Crippen molar-refractivity contribution < 1.29 is 19.1 Å². The molecule has 0 saturated carbocycles. The Hall–Kier alpha value is -1.95. The average Bonchev–Trinajstić information content (AvgIpc) is 2.37. The van der Waals surface area contributed by atoms with Crippen molar-refractivity contribution >= 4 is 29.2 Å². The fourth-order valence-corrected chi connectivity index (χ4v) is 1.31. The third-order valence-electron chi connectivity index (χ3n) is 2.21. The lowest BCUT2D eigenvalue weighted by Gasteiger charge is -2.10. The Morgan fingerprint density at radius 1 is 1.16 bits per heavy atom. The number of urea groups is 1. The summed E-state index contributed by atoms with van der Waals surface area (Å²) in [5.74, 6) is 0.465. The molecule has 0 saturated heterocycles. The van der Waals surface area contributed by atoms with Gasteiger partial charge in [-0.25, -0.2) is 4.79 Å². The quantitative estimate of drug-likeness (QED) is 0.830. The summed E-state index contributed by atoms with van der Waals surface area (Å²) in [5, 5.41) is 3.80. The Kier molecular flexibility index (Phi) is 5.44. The first-order chi connectivity index (χ1) is 8.96. The molecule has 7 heteroatoms. The second-order valence-electron chi connectivity index (χ2n) is 3.66. The number of methoxy groups -OCH3 is 2. The Bertz CT molecular complexity index is 455. The summed E-state index contributed by atoms with van der Waals surface area (Å²) in [6.07, 6.45) is 0. The van der Waals surface area contributed by atoms with Crippen LogP contribution in [0.25, 0.3) is 0 Å². The van der Waals surface area contributed by atoms with E-state index in [2.05, 4.69) is 10.6 Å². The second-order valence-corrected chi connectivity index (χ2v) is 4.32. The van der Waals surface area contributed by atoms with Crippen LogP contribution in [0, 0.1) is 0 Å². The standard InChI is InChI=1S/C12H15ClN2O4/c1-7(13)11(16)15-12(17)14-8-4-9(18-2)6-10(5-8)19-3/h4-7H,1-3H3,(H2,14,15,16,17). The first-order valence-electron chi connectivity index (χ1n) is 5.45. The number of benzene rings is 1. The molecule has 19 heavy (non-hydrogen) atoms. The van der Waals surface area contributed by atoms with Crippen LogP contribution in [0.3, 0.4) is 0 Å². The van der Waals surface area contributed by atoms with Crippen LogP contribution in [0.2, 0.25) is 0 Å². The molecule has 1 aromatic rings. The van der Waals surface area contributed by atoms with Gasteiger partial charge in [0.15, 0.2) is 0 Å². The van der Waals surface area contributed by atoms with E-state index in [1.165, 1.54) is 21.1 Å². The maximum Gasteiger partial charge on any atom is 0.325 e. The van der Waals surface area contributed by atoms with Gasteiger partial charge in [0.05, 0.1) is 14.2 Å². The molecule has 0 fully saturated rings. The molecule has 6 nitrogen and oxygen atoms in total. The number of hydrogen-bond donors (Lipinski definition) is 2. The summed E-state index contributed by atoms with van der Waals surface area (Å²) in [7, 11) is 2.99. The van der Waals surface area contributed by atoms with Crippen LogP contribution in [-0.2, 0) is 4.79 Å². The van der Waals surface area contributed by atoms with Crippen molar-refractivity contribution in [1.82, 2.24) is 5.32 Å². The Morgan fingerprint density at radius 2 is 1.68 bits per heavy atom. The van der Waals surface area contributed by atoms with Gasteiger partial charge in [0, 0.05) is 23.9 Å². The van der Waals surface area contributed by atoms with Gasteiger partial charge in [-0.1, -0.05) is 0 Å². The van der Waals surface area contributed by atoms with Gasteiger partial charge in [-0.05, 0) is 6.92 Å². The lowest BCUT2D eigenvalue weighted by atomic mass is 10.3. The SMILES string of the molecule is COc1cc(NC(=O)NC(=O)C(C)Cl)cc(OC)c1. The van der Waals surface area contributed by atoms with E-state index in [0.717, 1.165) is 0 Å². The zero-order valence-corrected chi connectivity index (χ0v) is 11.6. The second kappa shape index (κ2) is 6.84. The van der Waals surface area contributed by atoms with Crippen LogP contribution < -0.4 is 20.1 Å². The molecule has 0 aliphatic rings. The molecule has 104 valence electrons. The fourth-order valence-electron chi connectivity index (χ4n) is 1.25. The summed E-state index contributed by atoms with van der Waals surface area (Å²) in [5.41, 5.74) is 0.434. The summed E-state index contributed by atoms with van der Waals surface area (Å²) >= 11 is 5.54. The molecule has 3 amide bonds. The predicted molar refractivity (Wildman–Crippen MR) is 72.0 cm³/mol. The molecular formula is C12H15ClN2O4. The minimum Gasteiger partial charge on any atom is -0.497 e. The number of amides is 3. The smallest absolute Gasteiger partial charge is 0.325 e. The van der Waals surface area contributed by atoms with Crippen molar-refractivity contribution in [2.75, 3.05) is 19.5 Å². The minimum atomic E-state index is -0.786. The molecule has 0 aliphatic heterocycles. The number of hydrogen-bond acceptors (Lipinski definition) is 4. The Labute approximate surface area is 116 Å². The van der Waals surface area contributed by atoms with Gasteiger partial charge in [0.2, 0.25) is 5.91 Å². The van der Waals surface area contributed by atoms with Crippen molar-refractivity contribution in [3.05, 3.63) is 18.2 Å². The van der Waals surface area contributed by atoms with Crippen LogP contribution >= 0.6 is 11.6 Å². The zero-order chi connectivity index (χ0) is 14.4. The van der Waals surface area contributed by atoms with Gasteiger partial charge in [0.25, 0.3) is 0 Å². The Morgan fingerprint density at radius 3 is 2.11 bits per heavy atom. The monoisotopic (exact) mass is 286 g/mol. The van der Waals surface area contributed by atoms with Crippen molar-refractivity contribution in [1.29, 1.82) is 0 Å². The number of alkyl halides is 1. The number of carbonyl (C=O) groups excluding carboxylic acids is 2. The average molecular weight is 287 g/mol. The normalized spacial score (nSPS) is 11.4. The van der Waals surface area contributed by atoms with Gasteiger partial charge in [-0.3, -0.25) is 10.1 Å². The number of imide groups is 1. The van der Waals surface area contributed by atoms with Crippen LogP contribution in [0.5, 0.6) is 11.5 Å². The number of carbonyl (C=O) groups is 2. The first-order valence-corrected chi connectivity index (χ1v) is 5.89. The molecule has 2 N–H and O–H groups in total. The molecule has 0 spiro atoms. The maximum absolute atomic E-state index is 11.5. The molecule has 1 rings (SSSR count). The van der Waals surface area contributed by atoms with E-state index in [0.29, 0.717) is 17.2 Å². The molecule has 0 heterocycles. The molecule has 0 radical (unpaired) electrons. The minimum absolute atomic E-state index is 0.434. The van der Waals surface area contributed by atoms with Crippen molar-refractivity contribution in [3.8, 4) is 11.5 Å². The molecular weight excluding hydrogens is 272 g/mol. The highest BCUT2D eigenvalue weighted by Gasteiger charge is 2.13. The largest absolute Gasteiger partial charge is 0.497 e. The summed E-state index contributed by atoms with van der Waals surface area (Å²) in [6, 6.07) is 4.18. The summed E-state index contributed by atoms with van der Waals surface area (Å²) in [4.78, 5) is 22.8. The van der Waals surface area contributed by atoms with E-state index in [1.54, 1.807) is 18.2 Å². The number of nitrogens with one attached hydrogen (secondary N) is 2. The van der Waals surface area contributed by atoms with Crippen LogP contribution in [0.1, 0.15) is 6.92 Å². The van der Waals surface area contributed by atoms with Crippen molar-refractivity contribution in [2.24, 2.45) is 0 Å². The molecule has 0 bridgehead atoms. The zero-order valence-electron chi connectivity index (χ0n) is 10.8. The molecule has 1 unspecified atom stereocenters. The number of halogens is 1. The Balaban J connectivity index is 2.76. The highest BCUT2D eigenvalue weighted by molar-refractivity contribution is 6.31. The number of ether oxygens (including phenoxy) is 2. The highest BCUT2D eigenvalue weighted by atomic mass is 35.5. The maximum atomic E-state index is 11.5. The topological polar surface area (TPSA) is 76.7 Å². The highest BCUT2D eigenvalue weighted by Crippen LogP contribution is 2.25. The fraction of sp³-hybridized carbons (Fsp3) is 0.333. The van der Waals surface area contributed by atoms with Gasteiger partial charge >= 0.3 is 6.03 Å². The molecule has 1 atom stereocenters. The third kappa shape index (κ3) is 4.67. The van der Waals surface area contributed by atoms with Gasteiger partial charge in [-0.2, -0.15) is 0 Å². The molecule has 0 aromatic heterocycles. The molecule has 1 aromatic carbocycles. The number of rotatable bonds is 4. The van der Waals surface area contributed by atoms with Crippen molar-refractivity contribution in [2.45, 2.75) is 12.3 Å². The lowest BCUT2D eigenvalue weighted by molar-refractivity contribution is -0.119. The van der Waals surface area contributed by atoms with E-state index in [9.17, 15) is 9.59 Å². The summed E-state index contributed by atoms with van der Waals surface area (Å²) < 4.78 is 10.1. The van der Waals surface area contributed by atoms with Crippen LogP contribution in [-0.4, -0.2) is 31.5 Å². The van der Waals surface area contributed by atoms with E-state index >= 15 is 0 Å². The van der Waals surface area contributed by atoms with Gasteiger partial charge in [-0.15, -0.1) is 11.6 Å². The van der Waals surface area contributed by atoms with Gasteiger partial charge < -0.3 is 14.8 Å². The summed E-state index contributed by atoms with van der Waals surface area (Å²) in [6.45, 7) is 1.47.